The zero-order valence-corrected chi connectivity index (χ0v) is 11.7. The van der Waals surface area contributed by atoms with Crippen LogP contribution >= 0.6 is 0 Å². The topological polar surface area (TPSA) is 58.6 Å². The summed E-state index contributed by atoms with van der Waals surface area (Å²) in [6, 6.07) is 9.08. The van der Waals surface area contributed by atoms with Gasteiger partial charge in [0, 0.05) is 26.6 Å². The van der Waals surface area contributed by atoms with E-state index in [1.807, 2.05) is 18.2 Å². The highest BCUT2D eigenvalue weighted by molar-refractivity contribution is 5.72. The monoisotopic (exact) mass is 276 g/mol. The molecule has 1 fully saturated rings. The minimum absolute atomic E-state index is 0.00378. The van der Waals surface area contributed by atoms with E-state index in [2.05, 4.69) is 5.32 Å². The summed E-state index contributed by atoms with van der Waals surface area (Å²) >= 11 is 0. The van der Waals surface area contributed by atoms with Crippen LogP contribution in [0.2, 0.25) is 0 Å². The molecular formula is C15H20N2O3. The zero-order valence-electron chi connectivity index (χ0n) is 11.7. The Morgan fingerprint density at radius 2 is 1.90 bits per heavy atom. The van der Waals surface area contributed by atoms with Gasteiger partial charge in [-0.15, -0.1) is 0 Å². The van der Waals surface area contributed by atoms with E-state index in [9.17, 15) is 9.59 Å². The molecule has 0 unspecified atom stereocenters. The molecule has 1 heterocycles. The van der Waals surface area contributed by atoms with Crippen molar-refractivity contribution in [2.45, 2.75) is 19.8 Å². The van der Waals surface area contributed by atoms with Gasteiger partial charge < -0.3 is 15.0 Å². The first-order chi connectivity index (χ1) is 9.65. The molecule has 1 aliphatic heterocycles. The van der Waals surface area contributed by atoms with Crippen molar-refractivity contribution in [2.24, 2.45) is 5.92 Å². The van der Waals surface area contributed by atoms with Crippen molar-refractivity contribution in [2.75, 3.05) is 19.6 Å². The smallest absolute Gasteiger partial charge is 0.410 e. The third-order valence-corrected chi connectivity index (χ3v) is 3.46. The fourth-order valence-corrected chi connectivity index (χ4v) is 2.26. The molecule has 1 aromatic carbocycles. The van der Waals surface area contributed by atoms with Crippen molar-refractivity contribution in [1.82, 2.24) is 10.2 Å². The Balaban J connectivity index is 1.76. The number of carbonyl (C=O) groups is 2. The number of hydrogen-bond donors (Lipinski definition) is 1. The van der Waals surface area contributed by atoms with E-state index in [0.29, 0.717) is 31.3 Å². The maximum absolute atomic E-state index is 12.0. The molecule has 5 nitrogen and oxygen atoms in total. The van der Waals surface area contributed by atoms with Crippen molar-refractivity contribution in [3.8, 4) is 5.75 Å². The van der Waals surface area contributed by atoms with E-state index >= 15 is 0 Å². The number of piperidine rings is 1. The molecule has 5 heteroatoms. The molecule has 0 atom stereocenters. The Labute approximate surface area is 118 Å². The average molecular weight is 276 g/mol. The number of rotatable bonds is 3. The van der Waals surface area contributed by atoms with E-state index in [1.165, 1.54) is 6.92 Å². The molecule has 1 N–H and O–H groups in total. The highest BCUT2D eigenvalue weighted by Gasteiger charge is 2.24. The number of amides is 2. The lowest BCUT2D eigenvalue weighted by molar-refractivity contribution is -0.119. The molecule has 20 heavy (non-hydrogen) atoms. The number of likely N-dealkylation sites (tertiary alicyclic amines) is 1. The summed E-state index contributed by atoms with van der Waals surface area (Å²) in [6.45, 7) is 3.56. The minimum Gasteiger partial charge on any atom is -0.410 e. The van der Waals surface area contributed by atoms with Gasteiger partial charge in [0.1, 0.15) is 5.75 Å². The van der Waals surface area contributed by atoms with E-state index in [0.717, 1.165) is 12.8 Å². The van der Waals surface area contributed by atoms with Crippen LogP contribution in [0.1, 0.15) is 19.8 Å². The van der Waals surface area contributed by atoms with Gasteiger partial charge in [0.05, 0.1) is 0 Å². The van der Waals surface area contributed by atoms with Gasteiger partial charge >= 0.3 is 6.09 Å². The highest BCUT2D eigenvalue weighted by atomic mass is 16.6. The lowest BCUT2D eigenvalue weighted by Crippen LogP contribution is -2.42. The molecular weight excluding hydrogens is 256 g/mol. The summed E-state index contributed by atoms with van der Waals surface area (Å²) in [5.74, 6) is 1.01. The number of para-hydroxylation sites is 1. The lowest BCUT2D eigenvalue weighted by atomic mass is 9.97. The number of hydrogen-bond acceptors (Lipinski definition) is 3. The van der Waals surface area contributed by atoms with Gasteiger partial charge in [-0.1, -0.05) is 18.2 Å². The van der Waals surface area contributed by atoms with Crippen molar-refractivity contribution in [3.05, 3.63) is 30.3 Å². The highest BCUT2D eigenvalue weighted by Crippen LogP contribution is 2.18. The Bertz CT molecular complexity index is 453. The number of carbonyl (C=O) groups excluding carboxylic acids is 2. The quantitative estimate of drug-likeness (QED) is 0.919. The first-order valence-corrected chi connectivity index (χ1v) is 6.91. The van der Waals surface area contributed by atoms with Crippen LogP contribution in [0.15, 0.2) is 30.3 Å². The van der Waals surface area contributed by atoms with Crippen LogP contribution in [0.25, 0.3) is 0 Å². The summed E-state index contributed by atoms with van der Waals surface area (Å²) < 4.78 is 5.30. The largest absolute Gasteiger partial charge is 0.415 e. The van der Waals surface area contributed by atoms with Crippen LogP contribution in [-0.2, 0) is 4.79 Å². The first kappa shape index (κ1) is 14.4. The van der Waals surface area contributed by atoms with E-state index in [-0.39, 0.29) is 12.0 Å². The molecule has 1 aromatic rings. The van der Waals surface area contributed by atoms with E-state index < -0.39 is 0 Å². The second-order valence-electron chi connectivity index (χ2n) is 5.05. The second kappa shape index (κ2) is 6.93. The van der Waals surface area contributed by atoms with Crippen molar-refractivity contribution in [1.29, 1.82) is 0 Å². The van der Waals surface area contributed by atoms with Gasteiger partial charge in [0.25, 0.3) is 0 Å². The number of benzene rings is 1. The third-order valence-electron chi connectivity index (χ3n) is 3.46. The second-order valence-corrected chi connectivity index (χ2v) is 5.05. The molecule has 0 spiro atoms. The van der Waals surface area contributed by atoms with Crippen LogP contribution in [0.5, 0.6) is 5.75 Å². The number of nitrogens with zero attached hydrogens (tertiary/aromatic N) is 1. The molecule has 2 amide bonds. The molecule has 0 saturated carbocycles. The standard InChI is InChI=1S/C15H20N2O3/c1-12(18)16-11-13-7-9-17(10-8-13)15(19)20-14-5-3-2-4-6-14/h2-6,13H,7-11H2,1H3,(H,16,18). The summed E-state index contributed by atoms with van der Waals surface area (Å²) in [5.41, 5.74) is 0. The van der Waals surface area contributed by atoms with Gasteiger partial charge in [0.15, 0.2) is 0 Å². The fraction of sp³-hybridized carbons (Fsp3) is 0.467. The lowest BCUT2D eigenvalue weighted by Gasteiger charge is -2.31. The molecule has 0 aromatic heterocycles. The van der Waals surface area contributed by atoms with Gasteiger partial charge in [-0.3, -0.25) is 4.79 Å². The average Bonchev–Trinajstić information content (AvgIpc) is 2.46. The normalized spacial score (nSPS) is 15.8. The van der Waals surface area contributed by atoms with E-state index in [1.54, 1.807) is 17.0 Å². The number of nitrogens with one attached hydrogen (secondary N) is 1. The van der Waals surface area contributed by atoms with Gasteiger partial charge in [0.2, 0.25) is 5.91 Å². The fourth-order valence-electron chi connectivity index (χ4n) is 2.26. The minimum atomic E-state index is -0.297. The molecule has 1 saturated heterocycles. The molecule has 0 aliphatic carbocycles. The Morgan fingerprint density at radius 1 is 1.25 bits per heavy atom. The van der Waals surface area contributed by atoms with Gasteiger partial charge in [-0.25, -0.2) is 4.79 Å². The predicted octanol–water partition coefficient (Wildman–Crippen LogP) is 2.03. The van der Waals surface area contributed by atoms with Crippen molar-refractivity contribution >= 4 is 12.0 Å². The molecule has 2 rings (SSSR count). The molecule has 108 valence electrons. The van der Waals surface area contributed by atoms with Crippen LogP contribution in [-0.4, -0.2) is 36.5 Å². The SMILES string of the molecule is CC(=O)NCC1CCN(C(=O)Oc2ccccc2)CC1. The third kappa shape index (κ3) is 4.26. The van der Waals surface area contributed by atoms with Crippen LogP contribution in [0.4, 0.5) is 4.79 Å². The summed E-state index contributed by atoms with van der Waals surface area (Å²) in [6.07, 6.45) is 1.49. The Hall–Kier alpha value is -2.04. The number of ether oxygens (including phenoxy) is 1. The Morgan fingerprint density at radius 3 is 2.50 bits per heavy atom. The van der Waals surface area contributed by atoms with Gasteiger partial charge in [-0.2, -0.15) is 0 Å². The maximum atomic E-state index is 12.0. The zero-order chi connectivity index (χ0) is 14.4. The van der Waals surface area contributed by atoms with Crippen LogP contribution in [0, 0.1) is 5.92 Å². The van der Waals surface area contributed by atoms with Crippen molar-refractivity contribution in [3.63, 3.8) is 0 Å². The van der Waals surface area contributed by atoms with E-state index in [4.69, 9.17) is 4.74 Å². The maximum Gasteiger partial charge on any atom is 0.415 e. The van der Waals surface area contributed by atoms with Gasteiger partial charge in [-0.05, 0) is 30.9 Å². The summed E-state index contributed by atoms with van der Waals surface area (Å²) in [4.78, 5) is 24.6. The van der Waals surface area contributed by atoms with Crippen LogP contribution in [0.3, 0.4) is 0 Å². The molecule has 0 radical (unpaired) electrons. The summed E-state index contributed by atoms with van der Waals surface area (Å²) in [5, 5.41) is 2.83. The van der Waals surface area contributed by atoms with Crippen LogP contribution < -0.4 is 10.1 Å². The first-order valence-electron chi connectivity index (χ1n) is 6.91. The molecule has 0 bridgehead atoms. The molecule has 1 aliphatic rings. The Kier molecular flexibility index (Phi) is 4.98. The van der Waals surface area contributed by atoms with Crippen molar-refractivity contribution < 1.29 is 14.3 Å². The summed E-state index contributed by atoms with van der Waals surface area (Å²) in [7, 11) is 0. The predicted molar refractivity (Wildman–Crippen MR) is 75.4 cm³/mol.